The second-order valence-corrected chi connectivity index (χ2v) is 8.54. The molecule has 2 amide bonds. The lowest BCUT2D eigenvalue weighted by molar-refractivity contribution is -0.128. The van der Waals surface area contributed by atoms with E-state index in [2.05, 4.69) is 11.7 Å². The summed E-state index contributed by atoms with van der Waals surface area (Å²) in [6, 6.07) is 7.24. The first-order valence-electron chi connectivity index (χ1n) is 11.7. The summed E-state index contributed by atoms with van der Waals surface area (Å²) in [4.78, 5) is 34.1. The van der Waals surface area contributed by atoms with Gasteiger partial charge in [0.1, 0.15) is 11.5 Å². The van der Waals surface area contributed by atoms with Gasteiger partial charge in [0.2, 0.25) is 6.41 Å². The van der Waals surface area contributed by atoms with Crippen molar-refractivity contribution in [1.29, 1.82) is 0 Å². The Hall–Kier alpha value is -3.14. The van der Waals surface area contributed by atoms with E-state index in [0.717, 1.165) is 12.0 Å². The van der Waals surface area contributed by atoms with E-state index < -0.39 is 0 Å². The average molecular weight is 519 g/mol. The normalized spacial score (nSPS) is 15.5. The molecular weight excluding hydrogens is 484 g/mol. The summed E-state index contributed by atoms with van der Waals surface area (Å²) in [5.74, 6) is 0.339. The van der Waals surface area contributed by atoms with Crippen LogP contribution in [0.25, 0.3) is 0 Å². The average Bonchev–Trinajstić information content (AvgIpc) is 2.90. The van der Waals surface area contributed by atoms with E-state index in [4.69, 9.17) is 21.1 Å². The number of carbonyl (C=O) groups excluding carboxylic acids is 2. The molecule has 0 aromatic heterocycles. The molecule has 2 rings (SSSR count). The molecule has 1 aliphatic carbocycles. The first kappa shape index (κ1) is 29.1. The molecule has 0 bridgehead atoms. The number of aliphatic hydroxyl groups is 1. The number of rotatable bonds is 15. The van der Waals surface area contributed by atoms with Crippen LogP contribution < -0.4 is 0 Å². The molecule has 196 valence electrons. The van der Waals surface area contributed by atoms with Crippen molar-refractivity contribution in [3.8, 4) is 0 Å². The highest BCUT2D eigenvalue weighted by Gasteiger charge is 2.28. The summed E-state index contributed by atoms with van der Waals surface area (Å²) in [5, 5.41) is 9.84. The van der Waals surface area contributed by atoms with Crippen LogP contribution in [-0.4, -0.2) is 85.5 Å². The van der Waals surface area contributed by atoms with Gasteiger partial charge in [-0.3, -0.25) is 14.5 Å². The maximum atomic E-state index is 13.7. The first-order chi connectivity index (χ1) is 17.4. The van der Waals surface area contributed by atoms with Gasteiger partial charge in [-0.25, -0.2) is 4.99 Å². The van der Waals surface area contributed by atoms with Crippen molar-refractivity contribution in [3.05, 3.63) is 70.4 Å². The molecule has 0 radical (unpaired) electrons. The zero-order valence-electron chi connectivity index (χ0n) is 21.1. The van der Waals surface area contributed by atoms with Gasteiger partial charge in [0, 0.05) is 45.4 Å². The number of hydrogen-bond acceptors (Lipinski definition) is 7. The minimum absolute atomic E-state index is 0.0143. The highest BCUT2D eigenvalue weighted by molar-refractivity contribution is 6.30. The van der Waals surface area contributed by atoms with E-state index in [9.17, 15) is 14.7 Å². The van der Waals surface area contributed by atoms with Crippen molar-refractivity contribution < 1.29 is 24.2 Å². The third-order valence-corrected chi connectivity index (χ3v) is 5.85. The molecule has 0 heterocycles. The Bertz CT molecular complexity index is 977. The summed E-state index contributed by atoms with van der Waals surface area (Å²) >= 11 is 6.07. The number of aliphatic hydroxyl groups excluding tert-OH is 1. The van der Waals surface area contributed by atoms with Gasteiger partial charge in [0.05, 0.1) is 6.10 Å². The third-order valence-electron chi connectivity index (χ3n) is 5.60. The zero-order chi connectivity index (χ0) is 26.5. The Labute approximate surface area is 217 Å². The summed E-state index contributed by atoms with van der Waals surface area (Å²) in [6.07, 6.45) is 7.34. The number of likely N-dealkylation sites (N-methyl/N-ethyl adjacent to an activating group) is 1. The monoisotopic (exact) mass is 518 g/mol. The zero-order valence-corrected chi connectivity index (χ0v) is 21.9. The van der Waals surface area contributed by atoms with Crippen molar-refractivity contribution in [2.45, 2.75) is 32.4 Å². The summed E-state index contributed by atoms with van der Waals surface area (Å²) in [7, 11) is 3.26. The molecule has 1 N–H and O–H groups in total. The van der Waals surface area contributed by atoms with E-state index in [0.29, 0.717) is 30.2 Å². The molecule has 1 aromatic carbocycles. The fourth-order valence-corrected chi connectivity index (χ4v) is 3.70. The highest BCUT2D eigenvalue weighted by atomic mass is 35.5. The Morgan fingerprint density at radius 1 is 1.33 bits per heavy atom. The Morgan fingerprint density at radius 2 is 2.06 bits per heavy atom. The number of aliphatic imine (C=N–C) groups is 1. The van der Waals surface area contributed by atoms with Gasteiger partial charge < -0.3 is 24.4 Å². The molecule has 10 heteroatoms. The predicted octanol–water partition coefficient (Wildman–Crippen LogP) is 3.16. The molecular formula is C26H35ClN4O5. The number of benzene rings is 1. The highest BCUT2D eigenvalue weighted by Crippen LogP contribution is 2.23. The van der Waals surface area contributed by atoms with E-state index in [1.54, 1.807) is 38.1 Å². The van der Waals surface area contributed by atoms with E-state index in [1.807, 2.05) is 30.4 Å². The maximum absolute atomic E-state index is 13.7. The number of amides is 2. The number of halogens is 1. The molecule has 1 aliphatic rings. The Balaban J connectivity index is 2.54. The minimum Gasteiger partial charge on any atom is -0.473 e. The first-order valence-corrected chi connectivity index (χ1v) is 12.1. The van der Waals surface area contributed by atoms with Gasteiger partial charge in [0.15, 0.2) is 12.6 Å². The largest absolute Gasteiger partial charge is 0.473 e. The summed E-state index contributed by atoms with van der Waals surface area (Å²) in [6.45, 7) is 6.21. The van der Waals surface area contributed by atoms with Gasteiger partial charge in [-0.05, 0) is 56.3 Å². The van der Waals surface area contributed by atoms with Gasteiger partial charge in [-0.15, -0.1) is 0 Å². The number of ether oxygens (including phenoxy) is 2. The number of hydrogen-bond donors (Lipinski definition) is 1. The van der Waals surface area contributed by atoms with Crippen LogP contribution >= 0.6 is 11.6 Å². The van der Waals surface area contributed by atoms with Crippen LogP contribution in [0.2, 0.25) is 5.02 Å². The Kier molecular flexibility index (Phi) is 12.2. The standard InChI is InChI=1S/C26H35ClN4O5/c1-5-30(18-33)25(28-2)24(26(34)29(3)14-7-15-32)31(17-20-10-12-21(27)13-11-20)19-36-23-9-6-8-22(16-23)35-4/h6,9-13,16,18,22,32H,2,5,7-8,14-15,17,19H2,1,3-4H3/b25-24+. The van der Waals surface area contributed by atoms with Gasteiger partial charge >= 0.3 is 0 Å². The summed E-state index contributed by atoms with van der Waals surface area (Å²) in [5.41, 5.74) is 1.02. The maximum Gasteiger partial charge on any atom is 0.273 e. The lowest BCUT2D eigenvalue weighted by Gasteiger charge is -2.32. The minimum atomic E-state index is -0.383. The molecule has 0 fully saturated rings. The fourth-order valence-electron chi connectivity index (χ4n) is 3.58. The van der Waals surface area contributed by atoms with Crippen LogP contribution in [0, 0.1) is 0 Å². The van der Waals surface area contributed by atoms with Gasteiger partial charge in [0.25, 0.3) is 5.91 Å². The van der Waals surface area contributed by atoms with Gasteiger partial charge in [-0.2, -0.15) is 0 Å². The second-order valence-electron chi connectivity index (χ2n) is 8.10. The molecule has 9 nitrogen and oxygen atoms in total. The Morgan fingerprint density at radius 3 is 2.64 bits per heavy atom. The van der Waals surface area contributed by atoms with Crippen LogP contribution in [0.1, 0.15) is 25.3 Å². The molecule has 0 saturated carbocycles. The van der Waals surface area contributed by atoms with Crippen molar-refractivity contribution in [3.63, 3.8) is 0 Å². The smallest absolute Gasteiger partial charge is 0.273 e. The lowest BCUT2D eigenvalue weighted by Crippen LogP contribution is -2.40. The molecule has 36 heavy (non-hydrogen) atoms. The van der Waals surface area contributed by atoms with E-state index >= 15 is 0 Å². The number of allylic oxidation sites excluding steroid dienone is 1. The van der Waals surface area contributed by atoms with Crippen molar-refractivity contribution in [1.82, 2.24) is 14.7 Å². The molecule has 1 unspecified atom stereocenters. The van der Waals surface area contributed by atoms with Crippen molar-refractivity contribution in [2.75, 3.05) is 40.6 Å². The number of carbonyl (C=O) groups is 2. The quantitative estimate of drug-likeness (QED) is 0.166. The molecule has 0 spiro atoms. The predicted molar refractivity (Wildman–Crippen MR) is 140 cm³/mol. The lowest BCUT2D eigenvalue weighted by atomic mass is 10.1. The molecule has 1 atom stereocenters. The third kappa shape index (κ3) is 8.22. The van der Waals surface area contributed by atoms with Crippen LogP contribution in [0.3, 0.4) is 0 Å². The molecule has 1 aromatic rings. The topological polar surface area (TPSA) is 94.9 Å². The van der Waals surface area contributed by atoms with E-state index in [1.165, 1.54) is 9.80 Å². The van der Waals surface area contributed by atoms with Crippen LogP contribution in [0.4, 0.5) is 0 Å². The molecule has 0 saturated heterocycles. The van der Waals surface area contributed by atoms with Crippen LogP contribution in [-0.2, 0) is 25.6 Å². The number of methoxy groups -OCH3 is 1. The second kappa shape index (κ2) is 15.1. The van der Waals surface area contributed by atoms with Crippen LogP contribution in [0.5, 0.6) is 0 Å². The van der Waals surface area contributed by atoms with Crippen molar-refractivity contribution in [2.24, 2.45) is 4.99 Å². The van der Waals surface area contributed by atoms with Gasteiger partial charge in [-0.1, -0.05) is 29.8 Å². The van der Waals surface area contributed by atoms with Crippen molar-refractivity contribution >= 4 is 30.6 Å². The number of nitrogens with zero attached hydrogens (tertiary/aromatic N) is 4. The molecule has 0 aliphatic heterocycles. The van der Waals surface area contributed by atoms with Crippen LogP contribution in [0.15, 0.2) is 64.8 Å². The van der Waals surface area contributed by atoms with E-state index in [-0.39, 0.29) is 50.0 Å². The fraction of sp³-hybridized carbons (Fsp3) is 0.423. The SMILES string of the molecule is C=N/C(=C(/C(=O)N(C)CCCO)N(COC1=CC(OC)CC=C1)Cc1ccc(Cl)cc1)N(C=O)CC. The summed E-state index contributed by atoms with van der Waals surface area (Å²) < 4.78 is 11.5.